The number of hydrogen-bond acceptors (Lipinski definition) is 3. The van der Waals surface area contributed by atoms with Gasteiger partial charge in [0.05, 0.1) is 12.5 Å². The van der Waals surface area contributed by atoms with Crippen molar-refractivity contribution in [3.05, 3.63) is 29.3 Å². The molecule has 1 aromatic carbocycles. The van der Waals surface area contributed by atoms with E-state index in [1.165, 1.54) is 12.8 Å². The van der Waals surface area contributed by atoms with E-state index in [1.807, 2.05) is 23.1 Å². The van der Waals surface area contributed by atoms with Crippen molar-refractivity contribution in [2.75, 3.05) is 24.5 Å². The second kappa shape index (κ2) is 5.54. The molecular weight excluding hydrogens is 252 g/mol. The predicted molar refractivity (Wildman–Crippen MR) is 78.7 cm³/mol. The molecule has 4 nitrogen and oxygen atoms in total. The van der Waals surface area contributed by atoms with Crippen molar-refractivity contribution in [2.45, 2.75) is 32.3 Å². The molecule has 2 atom stereocenters. The molecule has 1 fully saturated rings. The molecule has 0 radical (unpaired) electrons. The largest absolute Gasteiger partial charge is 0.389 e. The van der Waals surface area contributed by atoms with Crippen LogP contribution in [-0.4, -0.2) is 30.6 Å². The number of rotatable bonds is 3. The van der Waals surface area contributed by atoms with Crippen LogP contribution in [0.2, 0.25) is 0 Å². The quantitative estimate of drug-likeness (QED) is 0.881. The average molecular weight is 274 g/mol. The highest BCUT2D eigenvalue weighted by atomic mass is 16.3. The van der Waals surface area contributed by atoms with E-state index in [9.17, 15) is 9.90 Å². The Kier molecular flexibility index (Phi) is 3.76. The van der Waals surface area contributed by atoms with Crippen molar-refractivity contribution in [3.8, 4) is 0 Å². The van der Waals surface area contributed by atoms with Gasteiger partial charge in [-0.3, -0.25) is 4.79 Å². The van der Waals surface area contributed by atoms with E-state index in [1.54, 1.807) is 6.92 Å². The van der Waals surface area contributed by atoms with Gasteiger partial charge in [0.1, 0.15) is 0 Å². The number of carbonyl (C=O) groups excluding carboxylic acids is 1. The van der Waals surface area contributed by atoms with Gasteiger partial charge >= 0.3 is 0 Å². The highest BCUT2D eigenvalue weighted by Crippen LogP contribution is 2.32. The molecule has 2 unspecified atom stereocenters. The van der Waals surface area contributed by atoms with Crippen molar-refractivity contribution < 1.29 is 9.90 Å². The Hall–Kier alpha value is -1.39. The molecule has 20 heavy (non-hydrogen) atoms. The number of nitrogens with one attached hydrogen (secondary N) is 1. The number of carbonyl (C=O) groups is 1. The molecule has 108 valence electrons. The van der Waals surface area contributed by atoms with Gasteiger partial charge in [-0.15, -0.1) is 0 Å². The van der Waals surface area contributed by atoms with Crippen LogP contribution in [0.3, 0.4) is 0 Å². The first kappa shape index (κ1) is 13.6. The lowest BCUT2D eigenvalue weighted by molar-refractivity contribution is -0.117. The molecule has 4 heteroatoms. The fourth-order valence-electron chi connectivity index (χ4n) is 3.20. The summed E-state index contributed by atoms with van der Waals surface area (Å²) in [6, 6.07) is 5.88. The fraction of sp³-hybridized carbons (Fsp3) is 0.562. The van der Waals surface area contributed by atoms with Crippen LogP contribution in [0, 0.1) is 5.92 Å². The normalized spacial score (nSPS) is 23.8. The Balaban J connectivity index is 1.79. The number of benzene rings is 1. The molecule has 0 aromatic heterocycles. The number of amides is 1. The van der Waals surface area contributed by atoms with E-state index in [0.29, 0.717) is 12.3 Å². The van der Waals surface area contributed by atoms with Crippen molar-refractivity contribution in [2.24, 2.45) is 5.92 Å². The predicted octanol–water partition coefficient (Wildman–Crippen LogP) is 1.63. The minimum Gasteiger partial charge on any atom is -0.389 e. The van der Waals surface area contributed by atoms with Gasteiger partial charge in [0.15, 0.2) is 0 Å². The fourth-order valence-corrected chi connectivity index (χ4v) is 3.20. The highest BCUT2D eigenvalue weighted by Gasteiger charge is 2.30. The molecule has 1 saturated heterocycles. The Bertz CT molecular complexity index is 507. The molecule has 0 aliphatic carbocycles. The van der Waals surface area contributed by atoms with Crippen LogP contribution in [0.4, 0.5) is 5.69 Å². The molecule has 0 saturated carbocycles. The van der Waals surface area contributed by atoms with Gasteiger partial charge in [0, 0.05) is 12.2 Å². The molecule has 2 heterocycles. The molecule has 2 N–H and O–H groups in total. The molecule has 1 amide bonds. The SMILES string of the molecule is CC(O)c1ccc2c(c1)CC(=O)N2CC1CCCNC1. The number of aliphatic hydroxyl groups excluding tert-OH is 1. The van der Waals surface area contributed by atoms with Gasteiger partial charge in [-0.25, -0.2) is 0 Å². The van der Waals surface area contributed by atoms with E-state index >= 15 is 0 Å². The molecular formula is C16H22N2O2. The first-order chi connectivity index (χ1) is 9.65. The third kappa shape index (κ3) is 2.58. The maximum Gasteiger partial charge on any atom is 0.231 e. The van der Waals surface area contributed by atoms with Crippen LogP contribution in [0.5, 0.6) is 0 Å². The van der Waals surface area contributed by atoms with Crippen LogP contribution in [0.15, 0.2) is 18.2 Å². The summed E-state index contributed by atoms with van der Waals surface area (Å²) in [5, 5.41) is 13.0. The molecule has 1 aromatic rings. The zero-order chi connectivity index (χ0) is 14.1. The summed E-state index contributed by atoms with van der Waals surface area (Å²) in [5.74, 6) is 0.739. The Morgan fingerprint density at radius 1 is 1.50 bits per heavy atom. The lowest BCUT2D eigenvalue weighted by Gasteiger charge is -2.28. The standard InChI is InChI=1S/C16H22N2O2/c1-11(19)13-4-5-15-14(7-13)8-16(20)18(15)10-12-3-2-6-17-9-12/h4-5,7,11-12,17,19H,2-3,6,8-10H2,1H3. The molecule has 2 aliphatic heterocycles. The lowest BCUT2D eigenvalue weighted by Crippen LogP contribution is -2.39. The number of nitrogens with zero attached hydrogens (tertiary/aromatic N) is 1. The van der Waals surface area contributed by atoms with Gasteiger partial charge < -0.3 is 15.3 Å². The van der Waals surface area contributed by atoms with Gasteiger partial charge in [-0.2, -0.15) is 0 Å². The third-order valence-electron chi connectivity index (χ3n) is 4.36. The summed E-state index contributed by atoms with van der Waals surface area (Å²) in [4.78, 5) is 14.2. The first-order valence-corrected chi connectivity index (χ1v) is 7.47. The second-order valence-electron chi connectivity index (χ2n) is 5.96. The Morgan fingerprint density at radius 2 is 2.35 bits per heavy atom. The number of fused-ring (bicyclic) bond motifs is 1. The van der Waals surface area contributed by atoms with Crippen LogP contribution in [0.25, 0.3) is 0 Å². The minimum atomic E-state index is -0.480. The van der Waals surface area contributed by atoms with Crippen LogP contribution in [-0.2, 0) is 11.2 Å². The maximum absolute atomic E-state index is 12.2. The van der Waals surface area contributed by atoms with E-state index in [2.05, 4.69) is 5.32 Å². The van der Waals surface area contributed by atoms with Crippen LogP contribution >= 0.6 is 0 Å². The van der Waals surface area contributed by atoms with Crippen molar-refractivity contribution in [1.82, 2.24) is 5.32 Å². The zero-order valence-electron chi connectivity index (χ0n) is 11.9. The van der Waals surface area contributed by atoms with E-state index in [-0.39, 0.29) is 5.91 Å². The zero-order valence-corrected chi connectivity index (χ0v) is 11.9. The van der Waals surface area contributed by atoms with Crippen molar-refractivity contribution >= 4 is 11.6 Å². The maximum atomic E-state index is 12.2. The van der Waals surface area contributed by atoms with Gasteiger partial charge in [-0.05, 0) is 56.0 Å². The molecule has 2 aliphatic rings. The van der Waals surface area contributed by atoms with Crippen molar-refractivity contribution in [3.63, 3.8) is 0 Å². The summed E-state index contributed by atoms with van der Waals surface area (Å²) in [6.07, 6.45) is 2.38. The topological polar surface area (TPSA) is 52.6 Å². The van der Waals surface area contributed by atoms with Gasteiger partial charge in [-0.1, -0.05) is 12.1 Å². The average Bonchev–Trinajstić information content (AvgIpc) is 2.75. The number of piperidine rings is 1. The van der Waals surface area contributed by atoms with Crippen LogP contribution in [0.1, 0.15) is 37.0 Å². The monoisotopic (exact) mass is 274 g/mol. The summed E-state index contributed by atoms with van der Waals surface area (Å²) >= 11 is 0. The number of hydrogen-bond donors (Lipinski definition) is 2. The summed E-state index contributed by atoms with van der Waals surface area (Å²) < 4.78 is 0. The first-order valence-electron chi connectivity index (χ1n) is 7.47. The summed E-state index contributed by atoms with van der Waals surface area (Å²) in [7, 11) is 0. The number of aliphatic hydroxyl groups is 1. The van der Waals surface area contributed by atoms with Gasteiger partial charge in [0.25, 0.3) is 0 Å². The summed E-state index contributed by atoms with van der Waals surface area (Å²) in [5.41, 5.74) is 2.97. The van der Waals surface area contributed by atoms with E-state index < -0.39 is 6.10 Å². The minimum absolute atomic E-state index is 0.188. The Labute approximate surface area is 119 Å². The lowest BCUT2D eigenvalue weighted by atomic mass is 9.99. The van der Waals surface area contributed by atoms with Gasteiger partial charge in [0.2, 0.25) is 5.91 Å². The van der Waals surface area contributed by atoms with Crippen molar-refractivity contribution in [1.29, 1.82) is 0 Å². The molecule has 0 bridgehead atoms. The van der Waals surface area contributed by atoms with Crippen LogP contribution < -0.4 is 10.2 Å². The van der Waals surface area contributed by atoms with E-state index in [0.717, 1.165) is 36.4 Å². The molecule has 3 rings (SSSR count). The second-order valence-corrected chi connectivity index (χ2v) is 5.96. The smallest absolute Gasteiger partial charge is 0.231 e. The van der Waals surface area contributed by atoms with E-state index in [4.69, 9.17) is 0 Å². The number of anilines is 1. The third-order valence-corrected chi connectivity index (χ3v) is 4.36. The Morgan fingerprint density at radius 3 is 3.05 bits per heavy atom. The molecule has 0 spiro atoms. The highest BCUT2D eigenvalue weighted by molar-refractivity contribution is 6.01. The summed E-state index contributed by atoms with van der Waals surface area (Å²) in [6.45, 7) is 4.67.